The van der Waals surface area contributed by atoms with Crippen LogP contribution in [0.1, 0.15) is 27.6 Å². The van der Waals surface area contributed by atoms with Gasteiger partial charge in [0.2, 0.25) is 11.8 Å². The second-order valence-corrected chi connectivity index (χ2v) is 7.88. The number of carbonyl (C=O) groups excluding carboxylic acids is 3. The number of amides is 3. The lowest BCUT2D eigenvalue weighted by Crippen LogP contribution is -2.11. The molecule has 1 heterocycles. The molecule has 0 bridgehead atoms. The molecule has 0 fully saturated rings. The Balaban J connectivity index is 1.42. The van der Waals surface area contributed by atoms with Crippen molar-refractivity contribution in [1.29, 1.82) is 0 Å². The summed E-state index contributed by atoms with van der Waals surface area (Å²) in [5.74, 6) is 0.119. The predicted molar refractivity (Wildman–Crippen MR) is 123 cm³/mol. The highest BCUT2D eigenvalue weighted by Crippen LogP contribution is 2.29. The number of nitrogens with two attached hydrogens (primary N) is 1. The number of fused-ring (bicyclic) bond motifs is 1. The smallest absolute Gasteiger partial charge is 0.257 e. The highest BCUT2D eigenvalue weighted by atomic mass is 32.1. The Hall–Kier alpha value is -4.24. The molecule has 32 heavy (non-hydrogen) atoms. The Morgan fingerprint density at radius 3 is 2.09 bits per heavy atom. The first-order valence-corrected chi connectivity index (χ1v) is 10.4. The van der Waals surface area contributed by atoms with Crippen molar-refractivity contribution in [2.24, 2.45) is 5.73 Å². The molecule has 160 valence electrons. The summed E-state index contributed by atoms with van der Waals surface area (Å²) in [7, 11) is 0. The van der Waals surface area contributed by atoms with E-state index < -0.39 is 5.91 Å². The fraction of sp³-hybridized carbons (Fsp3) is 0.0435. The van der Waals surface area contributed by atoms with Crippen LogP contribution in [-0.2, 0) is 4.79 Å². The van der Waals surface area contributed by atoms with Gasteiger partial charge in [0.15, 0.2) is 5.13 Å². The van der Waals surface area contributed by atoms with E-state index in [4.69, 9.17) is 10.5 Å². The van der Waals surface area contributed by atoms with E-state index >= 15 is 0 Å². The molecule has 9 heteroatoms. The van der Waals surface area contributed by atoms with E-state index in [9.17, 15) is 14.4 Å². The predicted octanol–water partition coefficient (Wildman–Crippen LogP) is 4.40. The summed E-state index contributed by atoms with van der Waals surface area (Å²) in [6, 6.07) is 18.4. The first-order chi connectivity index (χ1) is 15.4. The van der Waals surface area contributed by atoms with Gasteiger partial charge in [-0.25, -0.2) is 4.98 Å². The van der Waals surface area contributed by atoms with Crippen molar-refractivity contribution in [1.82, 2.24) is 4.98 Å². The van der Waals surface area contributed by atoms with Gasteiger partial charge in [-0.3, -0.25) is 19.7 Å². The molecule has 0 saturated carbocycles. The quantitative estimate of drug-likeness (QED) is 0.405. The lowest BCUT2D eigenvalue weighted by molar-refractivity contribution is -0.114. The van der Waals surface area contributed by atoms with E-state index in [1.165, 1.54) is 18.3 Å². The maximum Gasteiger partial charge on any atom is 0.257 e. The van der Waals surface area contributed by atoms with Crippen LogP contribution in [-0.4, -0.2) is 22.7 Å². The molecule has 0 aliphatic rings. The molecule has 3 aromatic carbocycles. The van der Waals surface area contributed by atoms with E-state index in [1.807, 2.05) is 6.07 Å². The molecule has 4 N–H and O–H groups in total. The van der Waals surface area contributed by atoms with E-state index in [0.29, 0.717) is 33.4 Å². The molecule has 1 aromatic heterocycles. The van der Waals surface area contributed by atoms with Gasteiger partial charge in [-0.2, -0.15) is 0 Å². The third kappa shape index (κ3) is 4.90. The number of anilines is 2. The SMILES string of the molecule is CC(=O)Nc1ccc2nc(NC(=O)c3ccc(Oc4ccc(C(N)=O)cc4)cc3)sc2c1. The number of ether oxygens (including phenoxy) is 1. The maximum atomic E-state index is 12.6. The largest absolute Gasteiger partial charge is 0.457 e. The molecular weight excluding hydrogens is 428 g/mol. The average Bonchev–Trinajstić information content (AvgIpc) is 3.15. The van der Waals surface area contributed by atoms with Gasteiger partial charge in [0.05, 0.1) is 10.2 Å². The standard InChI is InChI=1S/C23H18N4O4S/c1-13(28)25-16-6-11-19-20(12-16)32-23(26-19)27-22(30)15-4-9-18(10-5-15)31-17-7-2-14(3-8-17)21(24)29/h2-12H,1H3,(H2,24,29)(H,25,28)(H,26,27,30). The number of primary amides is 1. The number of aromatic nitrogens is 1. The molecule has 0 saturated heterocycles. The number of nitrogens with one attached hydrogen (secondary N) is 2. The van der Waals surface area contributed by atoms with Gasteiger partial charge < -0.3 is 15.8 Å². The van der Waals surface area contributed by atoms with Gasteiger partial charge in [0.25, 0.3) is 5.91 Å². The number of hydrogen-bond acceptors (Lipinski definition) is 6. The molecule has 8 nitrogen and oxygen atoms in total. The molecule has 0 spiro atoms. The second kappa shape index (κ2) is 8.86. The van der Waals surface area contributed by atoms with E-state index in [2.05, 4.69) is 15.6 Å². The minimum absolute atomic E-state index is 0.155. The highest BCUT2D eigenvalue weighted by Gasteiger charge is 2.11. The van der Waals surface area contributed by atoms with Crippen molar-refractivity contribution in [3.05, 3.63) is 77.9 Å². The summed E-state index contributed by atoms with van der Waals surface area (Å²) >= 11 is 1.32. The zero-order valence-corrected chi connectivity index (χ0v) is 17.7. The summed E-state index contributed by atoms with van der Waals surface area (Å²) in [6.07, 6.45) is 0. The number of nitrogens with zero attached hydrogens (tertiary/aromatic N) is 1. The zero-order valence-electron chi connectivity index (χ0n) is 16.9. The highest BCUT2D eigenvalue weighted by molar-refractivity contribution is 7.22. The van der Waals surface area contributed by atoms with Crippen molar-refractivity contribution < 1.29 is 19.1 Å². The van der Waals surface area contributed by atoms with Crippen molar-refractivity contribution in [3.8, 4) is 11.5 Å². The third-order valence-electron chi connectivity index (χ3n) is 4.42. The Labute approximate surface area is 187 Å². The van der Waals surface area contributed by atoms with Gasteiger partial charge in [-0.05, 0) is 66.7 Å². The average molecular weight is 446 g/mol. The van der Waals surface area contributed by atoms with E-state index in [-0.39, 0.29) is 11.8 Å². The van der Waals surface area contributed by atoms with Crippen molar-refractivity contribution in [3.63, 3.8) is 0 Å². The zero-order chi connectivity index (χ0) is 22.7. The van der Waals surface area contributed by atoms with Crippen LogP contribution in [0.25, 0.3) is 10.2 Å². The summed E-state index contributed by atoms with van der Waals surface area (Å²) in [5.41, 5.74) is 7.46. The number of hydrogen-bond donors (Lipinski definition) is 3. The van der Waals surface area contributed by atoms with Crippen molar-refractivity contribution in [2.75, 3.05) is 10.6 Å². The third-order valence-corrected chi connectivity index (χ3v) is 5.35. The number of rotatable bonds is 6. The molecule has 0 aliphatic carbocycles. The lowest BCUT2D eigenvalue weighted by atomic mass is 10.2. The fourth-order valence-electron chi connectivity index (χ4n) is 2.93. The first kappa shape index (κ1) is 21.0. The second-order valence-electron chi connectivity index (χ2n) is 6.85. The molecule has 0 radical (unpaired) electrons. The minimum atomic E-state index is -0.506. The van der Waals surface area contributed by atoms with Crippen LogP contribution >= 0.6 is 11.3 Å². The number of benzene rings is 3. The van der Waals surface area contributed by atoms with Gasteiger partial charge in [-0.1, -0.05) is 11.3 Å². The topological polar surface area (TPSA) is 123 Å². The van der Waals surface area contributed by atoms with Crippen molar-refractivity contribution in [2.45, 2.75) is 6.92 Å². The number of carbonyl (C=O) groups is 3. The Bertz CT molecular complexity index is 1310. The maximum absolute atomic E-state index is 12.6. The summed E-state index contributed by atoms with van der Waals surface area (Å²) < 4.78 is 6.57. The van der Waals surface area contributed by atoms with E-state index in [1.54, 1.807) is 60.7 Å². The van der Waals surface area contributed by atoms with Gasteiger partial charge in [-0.15, -0.1) is 0 Å². The lowest BCUT2D eigenvalue weighted by Gasteiger charge is -2.07. The van der Waals surface area contributed by atoms with Crippen LogP contribution in [0.15, 0.2) is 66.7 Å². The number of thiazole rings is 1. The van der Waals surface area contributed by atoms with Crippen molar-refractivity contribution >= 4 is 50.1 Å². The molecule has 0 aliphatic heterocycles. The van der Waals surface area contributed by atoms with Crippen LogP contribution in [0.5, 0.6) is 11.5 Å². The Morgan fingerprint density at radius 1 is 0.875 bits per heavy atom. The van der Waals surface area contributed by atoms with E-state index in [0.717, 1.165) is 10.2 Å². The molecular formula is C23H18N4O4S. The first-order valence-electron chi connectivity index (χ1n) is 9.55. The molecule has 3 amide bonds. The van der Waals surface area contributed by atoms with Crippen LogP contribution in [0.4, 0.5) is 10.8 Å². The Morgan fingerprint density at radius 2 is 1.50 bits per heavy atom. The molecule has 0 unspecified atom stereocenters. The van der Waals surface area contributed by atoms with Gasteiger partial charge in [0, 0.05) is 23.7 Å². The normalized spacial score (nSPS) is 10.5. The summed E-state index contributed by atoms with van der Waals surface area (Å²) in [6.45, 7) is 1.44. The molecule has 4 rings (SSSR count). The minimum Gasteiger partial charge on any atom is -0.457 e. The Kier molecular flexibility index (Phi) is 5.82. The van der Waals surface area contributed by atoms with Crippen LogP contribution in [0.2, 0.25) is 0 Å². The molecule has 0 atom stereocenters. The monoisotopic (exact) mass is 446 g/mol. The summed E-state index contributed by atoms with van der Waals surface area (Å²) in [4.78, 5) is 39.3. The van der Waals surface area contributed by atoms with Crippen LogP contribution in [0.3, 0.4) is 0 Å². The summed E-state index contributed by atoms with van der Waals surface area (Å²) in [5, 5.41) is 5.97. The molecule has 4 aromatic rings. The van der Waals surface area contributed by atoms with Crippen LogP contribution in [0, 0.1) is 0 Å². The van der Waals surface area contributed by atoms with Crippen LogP contribution < -0.4 is 21.1 Å². The van der Waals surface area contributed by atoms with Gasteiger partial charge in [0.1, 0.15) is 11.5 Å². The fourth-order valence-corrected chi connectivity index (χ4v) is 3.83. The van der Waals surface area contributed by atoms with Gasteiger partial charge >= 0.3 is 0 Å².